The Morgan fingerprint density at radius 3 is 2.41 bits per heavy atom. The van der Waals surface area contributed by atoms with Crippen LogP contribution in [0.25, 0.3) is 0 Å². The summed E-state index contributed by atoms with van der Waals surface area (Å²) in [6, 6.07) is 2.50. The first-order valence-electron chi connectivity index (χ1n) is 7.07. The van der Waals surface area contributed by atoms with Crippen LogP contribution in [0, 0.1) is 11.7 Å². The number of hydrogen-bond acceptors (Lipinski definition) is 3. The lowest BCUT2D eigenvalue weighted by molar-refractivity contribution is -0.274. The Labute approximate surface area is 124 Å². The number of rotatable bonds is 3. The molecule has 22 heavy (non-hydrogen) atoms. The zero-order valence-electron chi connectivity index (χ0n) is 11.5. The fraction of sp³-hybridized carbons (Fsp3) is 0.533. The number of ketones is 1. The van der Waals surface area contributed by atoms with Crippen molar-refractivity contribution in [3.05, 3.63) is 29.6 Å². The molecule has 0 N–H and O–H groups in total. The molecular weight excluding hydrogens is 304 g/mol. The van der Waals surface area contributed by atoms with Crippen LogP contribution in [-0.2, 0) is 4.74 Å². The lowest BCUT2D eigenvalue weighted by Crippen LogP contribution is -2.30. The van der Waals surface area contributed by atoms with Crippen LogP contribution in [0.15, 0.2) is 18.2 Å². The summed E-state index contributed by atoms with van der Waals surface area (Å²) >= 11 is 0. The van der Waals surface area contributed by atoms with Crippen LogP contribution in [0.2, 0.25) is 0 Å². The zero-order chi connectivity index (χ0) is 15.9. The van der Waals surface area contributed by atoms with Gasteiger partial charge in [-0.25, -0.2) is 4.39 Å². The van der Waals surface area contributed by atoms with E-state index in [1.54, 1.807) is 0 Å². The van der Waals surface area contributed by atoms with E-state index in [1.165, 1.54) is 0 Å². The van der Waals surface area contributed by atoms with Gasteiger partial charge >= 0.3 is 6.36 Å². The van der Waals surface area contributed by atoms with Crippen LogP contribution in [0.3, 0.4) is 0 Å². The summed E-state index contributed by atoms with van der Waals surface area (Å²) in [5.74, 6) is -2.32. The summed E-state index contributed by atoms with van der Waals surface area (Å²) in [6.07, 6.45) is -2.19. The Bertz CT molecular complexity index is 573. The highest BCUT2D eigenvalue weighted by Crippen LogP contribution is 2.38. The van der Waals surface area contributed by atoms with Gasteiger partial charge in [0.05, 0.1) is 17.8 Å². The highest BCUT2D eigenvalue weighted by Gasteiger charge is 2.39. The molecule has 0 spiro atoms. The normalized spacial score (nSPS) is 27.7. The molecule has 2 saturated heterocycles. The topological polar surface area (TPSA) is 35.5 Å². The van der Waals surface area contributed by atoms with E-state index in [0.717, 1.165) is 31.0 Å². The quantitative estimate of drug-likeness (QED) is 0.627. The van der Waals surface area contributed by atoms with Gasteiger partial charge in [-0.1, -0.05) is 0 Å². The van der Waals surface area contributed by atoms with Crippen LogP contribution >= 0.6 is 0 Å². The minimum Gasteiger partial charge on any atom is -0.406 e. The first kappa shape index (κ1) is 15.3. The molecule has 2 bridgehead atoms. The Kier molecular flexibility index (Phi) is 3.84. The fourth-order valence-corrected chi connectivity index (χ4v) is 3.18. The van der Waals surface area contributed by atoms with Crippen molar-refractivity contribution in [2.24, 2.45) is 5.92 Å². The maximum Gasteiger partial charge on any atom is 0.573 e. The number of carbonyl (C=O) groups excluding carboxylic acids is 1. The van der Waals surface area contributed by atoms with Gasteiger partial charge in [-0.3, -0.25) is 4.79 Å². The second-order valence-electron chi connectivity index (χ2n) is 5.68. The molecule has 120 valence electrons. The van der Waals surface area contributed by atoms with Crippen molar-refractivity contribution in [2.45, 2.75) is 44.3 Å². The molecule has 0 saturated carbocycles. The third kappa shape index (κ3) is 3.24. The number of fused-ring (bicyclic) bond motifs is 2. The zero-order valence-corrected chi connectivity index (χ0v) is 11.5. The van der Waals surface area contributed by atoms with Crippen LogP contribution in [-0.4, -0.2) is 24.4 Å². The van der Waals surface area contributed by atoms with Crippen LogP contribution in [0.1, 0.15) is 36.0 Å². The van der Waals surface area contributed by atoms with E-state index >= 15 is 0 Å². The largest absolute Gasteiger partial charge is 0.573 e. The third-order valence-electron chi connectivity index (χ3n) is 4.10. The van der Waals surface area contributed by atoms with E-state index in [1.807, 2.05) is 0 Å². The molecule has 2 aliphatic rings. The molecule has 3 nitrogen and oxygen atoms in total. The van der Waals surface area contributed by atoms with Crippen molar-refractivity contribution < 1.29 is 31.8 Å². The highest BCUT2D eigenvalue weighted by atomic mass is 19.4. The van der Waals surface area contributed by atoms with Crippen molar-refractivity contribution in [3.8, 4) is 5.75 Å². The maximum absolute atomic E-state index is 13.8. The van der Waals surface area contributed by atoms with Gasteiger partial charge in [-0.15, -0.1) is 13.2 Å². The van der Waals surface area contributed by atoms with Crippen LogP contribution in [0.5, 0.6) is 5.75 Å². The van der Waals surface area contributed by atoms with Crippen LogP contribution in [0.4, 0.5) is 17.6 Å². The number of benzene rings is 1. The molecule has 2 aliphatic heterocycles. The number of halogens is 4. The van der Waals surface area contributed by atoms with Gasteiger partial charge in [-0.2, -0.15) is 0 Å². The second kappa shape index (κ2) is 5.53. The van der Waals surface area contributed by atoms with Crippen molar-refractivity contribution in [2.75, 3.05) is 0 Å². The summed E-state index contributed by atoms with van der Waals surface area (Å²) in [6.45, 7) is 0. The van der Waals surface area contributed by atoms with Crippen molar-refractivity contribution in [1.29, 1.82) is 0 Å². The molecule has 7 heteroatoms. The average molecular weight is 318 g/mol. The molecule has 2 atom stereocenters. The number of carbonyl (C=O) groups is 1. The Morgan fingerprint density at radius 1 is 1.18 bits per heavy atom. The van der Waals surface area contributed by atoms with Gasteiger partial charge in [0.15, 0.2) is 5.78 Å². The maximum atomic E-state index is 13.8. The third-order valence-corrected chi connectivity index (χ3v) is 4.10. The molecule has 1 aromatic rings. The highest BCUT2D eigenvalue weighted by molar-refractivity contribution is 5.98. The lowest BCUT2D eigenvalue weighted by Gasteiger charge is -2.27. The lowest BCUT2D eigenvalue weighted by atomic mass is 9.88. The minimum atomic E-state index is -4.88. The van der Waals surface area contributed by atoms with Gasteiger partial charge in [0.25, 0.3) is 0 Å². The molecule has 3 rings (SSSR count). The first-order valence-corrected chi connectivity index (χ1v) is 7.07. The number of hydrogen-bond donors (Lipinski definition) is 0. The summed E-state index contributed by atoms with van der Waals surface area (Å²) in [4.78, 5) is 12.4. The summed E-state index contributed by atoms with van der Waals surface area (Å²) < 4.78 is 59.9. The molecule has 0 radical (unpaired) electrons. The number of Topliss-reactive ketones (excluding diaryl/α,β-unsaturated/α-hetero) is 1. The van der Waals surface area contributed by atoms with E-state index in [2.05, 4.69) is 4.74 Å². The van der Waals surface area contributed by atoms with E-state index < -0.39 is 29.6 Å². The monoisotopic (exact) mass is 318 g/mol. The van der Waals surface area contributed by atoms with Gasteiger partial charge in [-0.05, 0) is 43.9 Å². The second-order valence-corrected chi connectivity index (χ2v) is 5.68. The minimum absolute atomic E-state index is 0.00892. The predicted octanol–water partition coefficient (Wildman–Crippen LogP) is 3.86. The standard InChI is InChI=1S/C15H14F4O3/c16-13-4-3-11(22-15(17,18)19)7-12(13)14(20)8-5-9-1-2-10(6-8)21-9/h3-4,7-10H,1-2,5-6H2. The Morgan fingerprint density at radius 2 is 1.82 bits per heavy atom. The molecule has 2 unspecified atom stereocenters. The SMILES string of the molecule is O=C(c1cc(OC(F)(F)F)ccc1F)C1CC2CCC(C1)O2. The predicted molar refractivity (Wildman–Crippen MR) is 68.0 cm³/mol. The van der Waals surface area contributed by atoms with Crippen molar-refractivity contribution in [3.63, 3.8) is 0 Å². The Hall–Kier alpha value is -1.63. The smallest absolute Gasteiger partial charge is 0.406 e. The molecule has 0 aliphatic carbocycles. The first-order chi connectivity index (χ1) is 10.3. The van der Waals surface area contributed by atoms with E-state index in [4.69, 9.17) is 4.74 Å². The van der Waals surface area contributed by atoms with Crippen molar-refractivity contribution >= 4 is 5.78 Å². The van der Waals surface area contributed by atoms with Crippen LogP contribution < -0.4 is 4.74 Å². The van der Waals surface area contributed by atoms with Gasteiger partial charge in [0.2, 0.25) is 0 Å². The summed E-state index contributed by atoms with van der Waals surface area (Å²) in [5, 5.41) is 0. The van der Waals surface area contributed by atoms with E-state index in [-0.39, 0.29) is 17.8 Å². The molecule has 0 amide bonds. The number of alkyl halides is 3. The van der Waals surface area contributed by atoms with Gasteiger partial charge in [0, 0.05) is 5.92 Å². The van der Waals surface area contributed by atoms with E-state index in [0.29, 0.717) is 12.8 Å². The molecule has 2 fully saturated rings. The van der Waals surface area contributed by atoms with E-state index in [9.17, 15) is 22.4 Å². The van der Waals surface area contributed by atoms with Gasteiger partial charge < -0.3 is 9.47 Å². The Balaban J connectivity index is 1.81. The molecule has 0 aromatic heterocycles. The molecule has 2 heterocycles. The van der Waals surface area contributed by atoms with Crippen molar-refractivity contribution in [1.82, 2.24) is 0 Å². The number of ether oxygens (including phenoxy) is 2. The summed E-state index contributed by atoms with van der Waals surface area (Å²) in [5.41, 5.74) is -0.354. The molecule has 1 aromatic carbocycles. The summed E-state index contributed by atoms with van der Waals surface area (Å²) in [7, 11) is 0. The average Bonchev–Trinajstić information content (AvgIpc) is 2.77. The van der Waals surface area contributed by atoms with Gasteiger partial charge in [0.1, 0.15) is 11.6 Å². The fourth-order valence-electron chi connectivity index (χ4n) is 3.18. The molecular formula is C15H14F4O3.